The first-order valence-electron chi connectivity index (χ1n) is 11.4. The van der Waals surface area contributed by atoms with Crippen LogP contribution in [0.4, 0.5) is 11.4 Å². The van der Waals surface area contributed by atoms with E-state index in [4.69, 9.17) is 0 Å². The zero-order chi connectivity index (χ0) is 23.3. The van der Waals surface area contributed by atoms with Gasteiger partial charge in [0.25, 0.3) is 5.91 Å². The largest absolute Gasteiger partial charge is 0.370 e. The van der Waals surface area contributed by atoms with Gasteiger partial charge in [0.1, 0.15) is 12.0 Å². The van der Waals surface area contributed by atoms with Crippen molar-refractivity contribution in [1.29, 1.82) is 0 Å². The number of hydrogen-bond acceptors (Lipinski definition) is 4. The SMILES string of the molecule is CCN1c2ccc(C(=O)N(C)c3ccc(C4C(=O)C4C)c(C)c3)cc2C(C(C)C)=CC1O. The minimum Gasteiger partial charge on any atom is -0.370 e. The van der Waals surface area contributed by atoms with E-state index in [1.165, 1.54) is 0 Å². The molecule has 1 N–H and O–H groups in total. The van der Waals surface area contributed by atoms with Crippen molar-refractivity contribution in [1.82, 2.24) is 0 Å². The Labute approximate surface area is 190 Å². The molecule has 1 fully saturated rings. The van der Waals surface area contributed by atoms with Gasteiger partial charge in [-0.05, 0) is 72.9 Å². The number of ketones is 1. The van der Waals surface area contributed by atoms with E-state index in [2.05, 4.69) is 13.8 Å². The number of nitrogens with zero attached hydrogens (tertiary/aromatic N) is 2. The van der Waals surface area contributed by atoms with E-state index in [9.17, 15) is 14.7 Å². The van der Waals surface area contributed by atoms with Gasteiger partial charge < -0.3 is 14.9 Å². The molecule has 3 unspecified atom stereocenters. The van der Waals surface area contributed by atoms with Crippen LogP contribution in [-0.2, 0) is 4.79 Å². The summed E-state index contributed by atoms with van der Waals surface area (Å²) in [5.41, 5.74) is 6.52. The molecule has 2 aromatic rings. The van der Waals surface area contributed by atoms with Crippen molar-refractivity contribution in [2.45, 2.75) is 46.8 Å². The molecule has 0 aromatic heterocycles. The molecule has 3 atom stereocenters. The summed E-state index contributed by atoms with van der Waals surface area (Å²) in [6, 6.07) is 11.6. The number of carbonyl (C=O) groups excluding carboxylic acids is 2. The molecule has 1 saturated carbocycles. The van der Waals surface area contributed by atoms with Gasteiger partial charge in [0.2, 0.25) is 0 Å². The molecule has 0 spiro atoms. The van der Waals surface area contributed by atoms with E-state index < -0.39 is 6.23 Å². The number of allylic oxidation sites excluding steroid dienone is 1. The lowest BCUT2D eigenvalue weighted by Gasteiger charge is -2.35. The van der Waals surface area contributed by atoms with Gasteiger partial charge in [0.15, 0.2) is 0 Å². The van der Waals surface area contributed by atoms with Crippen LogP contribution in [0.2, 0.25) is 0 Å². The predicted molar refractivity (Wildman–Crippen MR) is 129 cm³/mol. The standard InChI is InChI=1S/C27H32N2O3/c1-7-29-23-11-8-18(13-22(23)21(15(2)3)14-24(29)30)27(32)28(6)19-9-10-20(16(4)12-19)25-17(5)26(25)31/h8-15,17,24-25,30H,7H2,1-6H3. The van der Waals surface area contributed by atoms with Crippen molar-refractivity contribution in [3.05, 3.63) is 64.7 Å². The Kier molecular flexibility index (Phi) is 5.72. The Morgan fingerprint density at radius 2 is 1.88 bits per heavy atom. The number of anilines is 2. The zero-order valence-corrected chi connectivity index (χ0v) is 19.7. The van der Waals surface area contributed by atoms with E-state index in [1.54, 1.807) is 11.9 Å². The lowest BCUT2D eigenvalue weighted by Crippen LogP contribution is -2.37. The van der Waals surface area contributed by atoms with Crippen LogP contribution < -0.4 is 9.80 Å². The monoisotopic (exact) mass is 432 g/mol. The molecule has 0 bridgehead atoms. The molecule has 1 heterocycles. The number of fused-ring (bicyclic) bond motifs is 1. The maximum atomic E-state index is 13.4. The molecular weight excluding hydrogens is 400 g/mol. The Morgan fingerprint density at radius 3 is 2.44 bits per heavy atom. The van der Waals surface area contributed by atoms with Gasteiger partial charge in [0.05, 0.1) is 5.92 Å². The summed E-state index contributed by atoms with van der Waals surface area (Å²) in [6.07, 6.45) is 1.23. The average molecular weight is 433 g/mol. The van der Waals surface area contributed by atoms with E-state index in [-0.39, 0.29) is 23.7 Å². The number of aryl methyl sites for hydroxylation is 1. The van der Waals surface area contributed by atoms with Crippen molar-refractivity contribution in [2.24, 2.45) is 11.8 Å². The highest BCUT2D eigenvalue weighted by molar-refractivity contribution is 6.07. The van der Waals surface area contributed by atoms with E-state index in [0.29, 0.717) is 17.9 Å². The number of carbonyl (C=O) groups is 2. The minimum absolute atomic E-state index is 0.00353. The summed E-state index contributed by atoms with van der Waals surface area (Å²) in [6.45, 7) is 10.8. The molecule has 5 nitrogen and oxygen atoms in total. The molecule has 1 amide bonds. The fraction of sp³-hybridized carbons (Fsp3) is 0.407. The van der Waals surface area contributed by atoms with Crippen molar-refractivity contribution >= 4 is 28.6 Å². The van der Waals surface area contributed by atoms with Gasteiger partial charge in [-0.15, -0.1) is 0 Å². The molecule has 0 saturated heterocycles. The smallest absolute Gasteiger partial charge is 0.258 e. The van der Waals surface area contributed by atoms with Gasteiger partial charge in [-0.1, -0.05) is 26.8 Å². The van der Waals surface area contributed by atoms with Crippen molar-refractivity contribution in [2.75, 3.05) is 23.4 Å². The molecule has 32 heavy (non-hydrogen) atoms. The number of Topliss-reactive ketones (excluding diaryl/α,β-unsaturated/α-hetero) is 1. The number of rotatable bonds is 5. The molecule has 5 heteroatoms. The first-order chi connectivity index (χ1) is 15.1. The van der Waals surface area contributed by atoms with Crippen molar-refractivity contribution in [3.63, 3.8) is 0 Å². The van der Waals surface area contributed by atoms with Gasteiger partial charge in [0, 0.05) is 42.0 Å². The van der Waals surface area contributed by atoms with E-state index >= 15 is 0 Å². The van der Waals surface area contributed by atoms with E-state index in [1.807, 2.05) is 68.1 Å². The molecule has 2 aliphatic rings. The third-order valence-corrected chi connectivity index (χ3v) is 6.90. The van der Waals surface area contributed by atoms with Crippen LogP contribution in [0, 0.1) is 18.8 Å². The average Bonchev–Trinajstić information content (AvgIpc) is 3.36. The maximum Gasteiger partial charge on any atom is 0.258 e. The first-order valence-corrected chi connectivity index (χ1v) is 11.4. The Morgan fingerprint density at radius 1 is 1.19 bits per heavy atom. The summed E-state index contributed by atoms with van der Waals surface area (Å²) in [7, 11) is 1.78. The molecule has 2 aromatic carbocycles. The van der Waals surface area contributed by atoms with Gasteiger partial charge in [-0.25, -0.2) is 0 Å². The van der Waals surface area contributed by atoms with Gasteiger partial charge in [-0.2, -0.15) is 0 Å². The number of amides is 1. The number of hydrogen-bond donors (Lipinski definition) is 1. The van der Waals surface area contributed by atoms with Crippen molar-refractivity contribution in [3.8, 4) is 0 Å². The normalized spacial score (nSPS) is 22.0. The van der Waals surface area contributed by atoms with Crippen LogP contribution in [0.5, 0.6) is 0 Å². The van der Waals surface area contributed by atoms with E-state index in [0.717, 1.165) is 33.6 Å². The van der Waals surface area contributed by atoms with Crippen LogP contribution in [0.3, 0.4) is 0 Å². The number of likely N-dealkylation sites (N-methyl/N-ethyl adjacent to an activating group) is 1. The predicted octanol–water partition coefficient (Wildman–Crippen LogP) is 4.77. The first kappa shape index (κ1) is 22.3. The van der Waals surface area contributed by atoms with Crippen LogP contribution >= 0.6 is 0 Å². The fourth-order valence-electron chi connectivity index (χ4n) is 4.81. The third kappa shape index (κ3) is 3.65. The van der Waals surface area contributed by atoms with Crippen molar-refractivity contribution < 1.29 is 14.7 Å². The molecule has 0 radical (unpaired) electrons. The highest BCUT2D eigenvalue weighted by atomic mass is 16.3. The number of benzene rings is 2. The second-order valence-electron chi connectivity index (χ2n) is 9.28. The van der Waals surface area contributed by atoms with Gasteiger partial charge >= 0.3 is 0 Å². The Hall–Kier alpha value is -2.92. The van der Waals surface area contributed by atoms with Crippen LogP contribution in [0.1, 0.15) is 60.7 Å². The third-order valence-electron chi connectivity index (χ3n) is 6.90. The number of aliphatic hydroxyl groups is 1. The lowest BCUT2D eigenvalue weighted by atomic mass is 9.89. The second kappa shape index (κ2) is 8.21. The summed E-state index contributed by atoms with van der Waals surface area (Å²) in [4.78, 5) is 28.8. The molecule has 168 valence electrons. The summed E-state index contributed by atoms with van der Waals surface area (Å²) >= 11 is 0. The van der Waals surface area contributed by atoms with Crippen LogP contribution in [0.15, 0.2) is 42.5 Å². The summed E-state index contributed by atoms with van der Waals surface area (Å²) < 4.78 is 0. The fourth-order valence-corrected chi connectivity index (χ4v) is 4.81. The quantitative estimate of drug-likeness (QED) is 0.739. The maximum absolute atomic E-state index is 13.4. The summed E-state index contributed by atoms with van der Waals surface area (Å²) in [5.74, 6) is 0.531. The highest BCUT2D eigenvalue weighted by Gasteiger charge is 2.46. The van der Waals surface area contributed by atoms with Gasteiger partial charge in [-0.3, -0.25) is 9.59 Å². The van der Waals surface area contributed by atoms with Crippen LogP contribution in [-0.4, -0.2) is 36.6 Å². The second-order valence-corrected chi connectivity index (χ2v) is 9.28. The molecule has 1 aliphatic heterocycles. The minimum atomic E-state index is -0.656. The molecule has 1 aliphatic carbocycles. The van der Waals surface area contributed by atoms with Crippen LogP contribution in [0.25, 0.3) is 5.57 Å². The highest BCUT2D eigenvalue weighted by Crippen LogP contribution is 2.44. The number of aliphatic hydroxyl groups excluding tert-OH is 1. The topological polar surface area (TPSA) is 60.9 Å². The summed E-state index contributed by atoms with van der Waals surface area (Å²) in [5, 5.41) is 10.5. The zero-order valence-electron chi connectivity index (χ0n) is 19.7. The molecular formula is C27H32N2O3. The Bertz CT molecular complexity index is 1120. The Balaban J connectivity index is 1.64. The lowest BCUT2D eigenvalue weighted by molar-refractivity contribution is -0.111. The molecule has 4 rings (SSSR count).